The van der Waals surface area contributed by atoms with Gasteiger partial charge in [-0.15, -0.1) is 0 Å². The van der Waals surface area contributed by atoms with Crippen molar-refractivity contribution in [1.82, 2.24) is 4.90 Å². The summed E-state index contributed by atoms with van der Waals surface area (Å²) in [6.07, 6.45) is -3.20. The first-order valence-electron chi connectivity index (χ1n) is 10.1. The van der Waals surface area contributed by atoms with Crippen LogP contribution in [0.4, 0.5) is 29.3 Å². The number of aromatic hydroxyl groups is 1. The van der Waals surface area contributed by atoms with Crippen molar-refractivity contribution in [3.63, 3.8) is 0 Å². The summed E-state index contributed by atoms with van der Waals surface area (Å²) >= 11 is 13.0. The molecule has 36 heavy (non-hydrogen) atoms. The normalized spacial score (nSPS) is 15.5. The van der Waals surface area contributed by atoms with Crippen molar-refractivity contribution in [2.75, 3.05) is 0 Å². The molecule has 4 rings (SSSR count). The highest BCUT2D eigenvalue weighted by molar-refractivity contribution is 8.18. The summed E-state index contributed by atoms with van der Waals surface area (Å²) in [5.74, 6) is -0.801. The van der Waals surface area contributed by atoms with E-state index in [4.69, 9.17) is 23.2 Å². The Hall–Kier alpha value is -3.34. The van der Waals surface area contributed by atoms with Gasteiger partial charge in [0, 0.05) is 21.2 Å². The van der Waals surface area contributed by atoms with Crippen LogP contribution in [0.5, 0.6) is 5.75 Å². The first kappa shape index (κ1) is 25.7. The van der Waals surface area contributed by atoms with Crippen molar-refractivity contribution in [1.29, 1.82) is 0 Å². The second-order valence-electron chi connectivity index (χ2n) is 7.46. The second-order valence-corrected chi connectivity index (χ2v) is 9.27. The van der Waals surface area contributed by atoms with Gasteiger partial charge in [-0.25, -0.2) is 0 Å². The van der Waals surface area contributed by atoms with Gasteiger partial charge in [-0.2, -0.15) is 23.4 Å². The molecule has 0 unspecified atom stereocenters. The minimum Gasteiger partial charge on any atom is -0.507 e. The fraction of sp³-hybridized carbons (Fsp3) is 0.0833. The number of carbonyl (C=O) groups is 2. The van der Waals surface area contributed by atoms with Crippen LogP contribution in [0, 0.1) is 0 Å². The Morgan fingerprint density at radius 3 is 2.25 bits per heavy atom. The van der Waals surface area contributed by atoms with E-state index in [1.807, 2.05) is 0 Å². The van der Waals surface area contributed by atoms with Gasteiger partial charge in [0.25, 0.3) is 11.1 Å². The number of alkyl halides is 3. The lowest BCUT2D eigenvalue weighted by molar-refractivity contribution is -0.137. The lowest BCUT2D eigenvalue weighted by Crippen LogP contribution is -2.27. The second kappa shape index (κ2) is 10.3. The third-order valence-electron chi connectivity index (χ3n) is 5.00. The van der Waals surface area contributed by atoms with Crippen LogP contribution in [0.15, 0.2) is 75.8 Å². The zero-order valence-corrected chi connectivity index (χ0v) is 20.3. The molecular formula is C24H14Cl2F3N3O3S. The number of hydrogen-bond donors (Lipinski definition) is 1. The van der Waals surface area contributed by atoms with Gasteiger partial charge in [0.2, 0.25) is 0 Å². The Bertz CT molecular complexity index is 1410. The molecule has 0 saturated carbocycles. The Morgan fingerprint density at radius 2 is 1.58 bits per heavy atom. The molecule has 2 amide bonds. The van der Waals surface area contributed by atoms with Crippen LogP contribution < -0.4 is 0 Å². The lowest BCUT2D eigenvalue weighted by atomic mass is 10.1. The summed E-state index contributed by atoms with van der Waals surface area (Å²) in [5.41, 5.74) is -0.0857. The smallest absolute Gasteiger partial charge is 0.416 e. The molecule has 1 heterocycles. The van der Waals surface area contributed by atoms with Crippen LogP contribution in [0.25, 0.3) is 6.08 Å². The Morgan fingerprint density at radius 1 is 0.944 bits per heavy atom. The topological polar surface area (TPSA) is 82.3 Å². The predicted octanol–water partition coefficient (Wildman–Crippen LogP) is 8.37. The van der Waals surface area contributed by atoms with Gasteiger partial charge >= 0.3 is 6.18 Å². The van der Waals surface area contributed by atoms with Crippen LogP contribution >= 0.6 is 35.0 Å². The largest absolute Gasteiger partial charge is 0.507 e. The first-order chi connectivity index (χ1) is 17.0. The molecule has 184 valence electrons. The van der Waals surface area contributed by atoms with Gasteiger partial charge in [0.1, 0.15) is 5.75 Å². The van der Waals surface area contributed by atoms with E-state index in [1.165, 1.54) is 36.4 Å². The number of carbonyl (C=O) groups excluding carboxylic acids is 2. The number of amides is 2. The number of hydrogen-bond acceptors (Lipinski definition) is 6. The third kappa shape index (κ3) is 5.72. The van der Waals surface area contributed by atoms with Crippen LogP contribution in [-0.4, -0.2) is 21.2 Å². The maximum atomic E-state index is 12.9. The maximum Gasteiger partial charge on any atom is 0.416 e. The number of azo groups is 1. The van der Waals surface area contributed by atoms with Crippen LogP contribution in [0.2, 0.25) is 10.0 Å². The minimum absolute atomic E-state index is 0.0150. The number of rotatable bonds is 5. The van der Waals surface area contributed by atoms with Crippen molar-refractivity contribution >= 4 is 63.6 Å². The number of phenolic OH excluding ortho intramolecular Hbond substituents is 1. The molecule has 0 spiro atoms. The zero-order valence-electron chi connectivity index (χ0n) is 18.0. The summed E-state index contributed by atoms with van der Waals surface area (Å²) in [4.78, 5) is 26.4. The van der Waals surface area contributed by atoms with Crippen LogP contribution in [-0.2, 0) is 17.5 Å². The molecule has 1 N–H and O–H groups in total. The Kier molecular flexibility index (Phi) is 7.39. The van der Waals surface area contributed by atoms with E-state index in [0.29, 0.717) is 27.4 Å². The van der Waals surface area contributed by atoms with E-state index in [9.17, 15) is 27.9 Å². The van der Waals surface area contributed by atoms with Crippen molar-refractivity contribution in [3.8, 4) is 5.75 Å². The molecule has 0 aliphatic carbocycles. The molecule has 12 heteroatoms. The molecule has 6 nitrogen and oxygen atoms in total. The quantitative estimate of drug-likeness (QED) is 0.255. The summed E-state index contributed by atoms with van der Waals surface area (Å²) in [6.45, 7) is -0.127. The molecule has 0 aromatic heterocycles. The van der Waals surface area contributed by atoms with Gasteiger partial charge in [-0.05, 0) is 66.4 Å². The molecular weight excluding hydrogens is 538 g/mol. The van der Waals surface area contributed by atoms with Gasteiger partial charge < -0.3 is 5.11 Å². The lowest BCUT2D eigenvalue weighted by Gasteiger charge is -2.14. The average molecular weight is 552 g/mol. The number of imide groups is 1. The van der Waals surface area contributed by atoms with E-state index in [0.717, 1.165) is 17.0 Å². The number of nitrogens with zero attached hydrogens (tertiary/aromatic N) is 3. The monoisotopic (exact) mass is 551 g/mol. The summed E-state index contributed by atoms with van der Waals surface area (Å²) in [6, 6.07) is 13.2. The van der Waals surface area contributed by atoms with Crippen molar-refractivity contribution in [2.45, 2.75) is 12.7 Å². The van der Waals surface area contributed by atoms with Crippen molar-refractivity contribution in [3.05, 3.63) is 92.3 Å². The number of benzene rings is 3. The van der Waals surface area contributed by atoms with E-state index >= 15 is 0 Å². The number of phenols is 1. The molecule has 0 bridgehead atoms. The molecule has 0 atom stereocenters. The van der Waals surface area contributed by atoms with Gasteiger partial charge in [-0.1, -0.05) is 35.3 Å². The SMILES string of the molecule is O=C1S/C(=C\c2cc(N=Nc3cccc(C(F)(F)F)c3)ccc2O)C(=O)N1Cc1c(Cl)cccc1Cl. The molecule has 1 fully saturated rings. The highest BCUT2D eigenvalue weighted by Crippen LogP contribution is 2.37. The predicted molar refractivity (Wildman–Crippen MR) is 132 cm³/mol. The Balaban J connectivity index is 1.57. The number of thioether (sulfide) groups is 1. The Labute approximate surface area is 217 Å². The maximum absolute atomic E-state index is 12.9. The van der Waals surface area contributed by atoms with E-state index in [-0.39, 0.29) is 34.1 Å². The van der Waals surface area contributed by atoms with Gasteiger partial charge in [0.15, 0.2) is 0 Å². The van der Waals surface area contributed by atoms with Gasteiger partial charge in [-0.3, -0.25) is 14.5 Å². The number of halogens is 5. The highest BCUT2D eigenvalue weighted by atomic mass is 35.5. The third-order valence-corrected chi connectivity index (χ3v) is 6.62. The minimum atomic E-state index is -4.52. The fourth-order valence-electron chi connectivity index (χ4n) is 3.20. The van der Waals surface area contributed by atoms with E-state index < -0.39 is 22.9 Å². The summed E-state index contributed by atoms with van der Waals surface area (Å²) < 4.78 is 38.7. The molecule has 3 aromatic rings. The first-order valence-corrected chi connectivity index (χ1v) is 11.7. The van der Waals surface area contributed by atoms with Crippen molar-refractivity contribution in [2.24, 2.45) is 10.2 Å². The van der Waals surface area contributed by atoms with Crippen molar-refractivity contribution < 1.29 is 27.9 Å². The van der Waals surface area contributed by atoms with E-state index in [2.05, 4.69) is 10.2 Å². The molecule has 1 aliphatic rings. The van der Waals surface area contributed by atoms with Crippen LogP contribution in [0.1, 0.15) is 16.7 Å². The standard InChI is InChI=1S/C24H14Cl2F3N3O3S/c25-18-5-2-6-19(26)17(18)12-32-22(34)21(36-23(32)35)10-13-9-16(7-8-20(13)33)31-30-15-4-1-3-14(11-15)24(27,28)29/h1-11,33H,12H2/b21-10-,31-30?. The zero-order chi connectivity index (χ0) is 26.0. The fourth-order valence-corrected chi connectivity index (χ4v) is 4.54. The highest BCUT2D eigenvalue weighted by Gasteiger charge is 2.36. The van der Waals surface area contributed by atoms with Gasteiger partial charge in [0.05, 0.1) is 28.4 Å². The average Bonchev–Trinajstić information content (AvgIpc) is 3.08. The van der Waals surface area contributed by atoms with Crippen LogP contribution in [0.3, 0.4) is 0 Å². The summed E-state index contributed by atoms with van der Waals surface area (Å²) in [5, 5.41) is 18.0. The molecule has 0 radical (unpaired) electrons. The van der Waals surface area contributed by atoms with E-state index in [1.54, 1.807) is 18.2 Å². The molecule has 1 aliphatic heterocycles. The molecule has 3 aromatic carbocycles. The molecule has 1 saturated heterocycles. The summed E-state index contributed by atoms with van der Waals surface area (Å²) in [7, 11) is 0.